The van der Waals surface area contributed by atoms with Gasteiger partial charge >= 0.3 is 0 Å². The Bertz CT molecular complexity index is 998. The molecule has 0 aliphatic carbocycles. The van der Waals surface area contributed by atoms with E-state index >= 15 is 0 Å². The summed E-state index contributed by atoms with van der Waals surface area (Å²) in [5.41, 5.74) is 3.25. The molecule has 1 aliphatic rings. The molecule has 0 fully saturated rings. The molecule has 1 amide bonds. The van der Waals surface area contributed by atoms with E-state index in [4.69, 9.17) is 4.74 Å². The fourth-order valence-corrected chi connectivity index (χ4v) is 3.08. The second-order valence-corrected chi connectivity index (χ2v) is 6.30. The number of nitrogens with one attached hydrogen (secondary N) is 2. The van der Waals surface area contributed by atoms with Crippen molar-refractivity contribution in [3.05, 3.63) is 59.3 Å². The number of carbonyl (C=O) groups is 1. The van der Waals surface area contributed by atoms with Crippen molar-refractivity contribution >= 4 is 11.7 Å². The van der Waals surface area contributed by atoms with Gasteiger partial charge in [0, 0.05) is 36.5 Å². The predicted octanol–water partition coefficient (Wildman–Crippen LogP) is 1.88. The van der Waals surface area contributed by atoms with Crippen LogP contribution in [0.5, 0.6) is 5.75 Å². The third-order valence-electron chi connectivity index (χ3n) is 4.41. The normalized spacial score (nSPS) is 13.0. The third-order valence-corrected chi connectivity index (χ3v) is 4.41. The van der Waals surface area contributed by atoms with Crippen LogP contribution in [0.1, 0.15) is 27.4 Å². The lowest BCUT2D eigenvalue weighted by atomic mass is 10.1. The molecule has 27 heavy (non-hydrogen) atoms. The molecule has 0 spiro atoms. The molecule has 8 heteroatoms. The van der Waals surface area contributed by atoms with Crippen molar-refractivity contribution in [2.45, 2.75) is 19.9 Å². The summed E-state index contributed by atoms with van der Waals surface area (Å²) in [6.45, 7) is 2.93. The van der Waals surface area contributed by atoms with E-state index in [9.17, 15) is 4.79 Å². The minimum Gasteiger partial charge on any atom is -0.497 e. The number of aryl methyl sites for hydroxylation is 1. The van der Waals surface area contributed by atoms with Crippen molar-refractivity contribution in [1.82, 2.24) is 25.1 Å². The number of fused-ring (bicyclic) bond motifs is 1. The van der Waals surface area contributed by atoms with Crippen molar-refractivity contribution in [3.8, 4) is 11.4 Å². The Balaban J connectivity index is 1.53. The summed E-state index contributed by atoms with van der Waals surface area (Å²) in [5, 5.41) is 10.6. The zero-order chi connectivity index (χ0) is 18.8. The van der Waals surface area contributed by atoms with Crippen molar-refractivity contribution in [3.63, 3.8) is 0 Å². The SMILES string of the molecule is COc1cccc(-n2cc(CNc3nc(C)nc4c3CCNC4=O)cn2)c1. The maximum Gasteiger partial charge on any atom is 0.270 e. The van der Waals surface area contributed by atoms with Crippen molar-refractivity contribution < 1.29 is 9.53 Å². The fraction of sp³-hybridized carbons (Fsp3) is 0.263. The summed E-state index contributed by atoms with van der Waals surface area (Å²) in [6, 6.07) is 7.71. The molecule has 3 aromatic rings. The lowest BCUT2D eigenvalue weighted by Crippen LogP contribution is -2.34. The molecule has 8 nitrogen and oxygen atoms in total. The van der Waals surface area contributed by atoms with Crippen molar-refractivity contribution in [2.75, 3.05) is 19.0 Å². The molecule has 0 atom stereocenters. The summed E-state index contributed by atoms with van der Waals surface area (Å²) >= 11 is 0. The van der Waals surface area contributed by atoms with Crippen LogP contribution in [-0.4, -0.2) is 39.3 Å². The highest BCUT2D eigenvalue weighted by molar-refractivity contribution is 5.95. The zero-order valence-corrected chi connectivity index (χ0v) is 15.2. The summed E-state index contributed by atoms with van der Waals surface area (Å²) in [6.07, 6.45) is 4.47. The molecule has 2 N–H and O–H groups in total. The van der Waals surface area contributed by atoms with E-state index in [1.807, 2.05) is 30.5 Å². The van der Waals surface area contributed by atoms with E-state index < -0.39 is 0 Å². The average molecular weight is 364 g/mol. The largest absolute Gasteiger partial charge is 0.497 e. The van der Waals surface area contributed by atoms with Crippen LogP contribution in [0.4, 0.5) is 5.82 Å². The van der Waals surface area contributed by atoms with Crippen LogP contribution in [0, 0.1) is 6.92 Å². The van der Waals surface area contributed by atoms with Gasteiger partial charge in [0.1, 0.15) is 23.1 Å². The van der Waals surface area contributed by atoms with E-state index in [0.29, 0.717) is 36.8 Å². The van der Waals surface area contributed by atoms with Crippen LogP contribution in [-0.2, 0) is 13.0 Å². The maximum atomic E-state index is 12.0. The van der Waals surface area contributed by atoms with Gasteiger partial charge in [0.2, 0.25) is 0 Å². The minimum absolute atomic E-state index is 0.143. The number of amides is 1. The molecular weight excluding hydrogens is 344 g/mol. The molecule has 2 aromatic heterocycles. The maximum absolute atomic E-state index is 12.0. The van der Waals surface area contributed by atoms with Crippen LogP contribution in [0.25, 0.3) is 5.69 Å². The number of benzene rings is 1. The number of hydrogen-bond acceptors (Lipinski definition) is 6. The van der Waals surface area contributed by atoms with Crippen LogP contribution in [0.15, 0.2) is 36.7 Å². The van der Waals surface area contributed by atoms with Gasteiger partial charge in [0.05, 0.1) is 19.0 Å². The molecule has 1 aromatic carbocycles. The van der Waals surface area contributed by atoms with Crippen LogP contribution >= 0.6 is 0 Å². The van der Waals surface area contributed by atoms with E-state index in [2.05, 4.69) is 25.7 Å². The molecular formula is C19H20N6O2. The van der Waals surface area contributed by atoms with Gasteiger partial charge in [0.25, 0.3) is 5.91 Å². The van der Waals surface area contributed by atoms with Gasteiger partial charge in [-0.25, -0.2) is 14.6 Å². The number of ether oxygens (including phenoxy) is 1. The summed E-state index contributed by atoms with van der Waals surface area (Å²) in [5.74, 6) is 1.92. The van der Waals surface area contributed by atoms with Gasteiger partial charge in [-0.1, -0.05) is 6.07 Å². The smallest absolute Gasteiger partial charge is 0.270 e. The minimum atomic E-state index is -0.143. The second-order valence-electron chi connectivity index (χ2n) is 6.30. The summed E-state index contributed by atoms with van der Waals surface area (Å²) < 4.78 is 7.06. The van der Waals surface area contributed by atoms with Gasteiger partial charge in [-0.3, -0.25) is 4.79 Å². The van der Waals surface area contributed by atoms with Crippen molar-refractivity contribution in [2.24, 2.45) is 0 Å². The molecule has 138 valence electrons. The Labute approximate surface area is 156 Å². The fourth-order valence-electron chi connectivity index (χ4n) is 3.08. The molecule has 0 unspecified atom stereocenters. The van der Waals surface area contributed by atoms with Gasteiger partial charge in [-0.15, -0.1) is 0 Å². The van der Waals surface area contributed by atoms with Crippen LogP contribution in [0.2, 0.25) is 0 Å². The Kier molecular flexibility index (Phi) is 4.45. The average Bonchev–Trinajstić information content (AvgIpc) is 3.16. The first-order valence-corrected chi connectivity index (χ1v) is 8.71. The molecule has 4 rings (SSSR count). The number of aromatic nitrogens is 4. The second kappa shape index (κ2) is 7.06. The monoisotopic (exact) mass is 364 g/mol. The number of rotatable bonds is 5. The highest BCUT2D eigenvalue weighted by Gasteiger charge is 2.22. The lowest BCUT2D eigenvalue weighted by Gasteiger charge is -2.19. The molecule has 3 heterocycles. The van der Waals surface area contributed by atoms with Gasteiger partial charge in [-0.2, -0.15) is 5.10 Å². The Morgan fingerprint density at radius 1 is 1.33 bits per heavy atom. The number of methoxy groups -OCH3 is 1. The number of nitrogens with zero attached hydrogens (tertiary/aromatic N) is 4. The van der Waals surface area contributed by atoms with Gasteiger partial charge in [-0.05, 0) is 25.5 Å². The molecule has 0 saturated carbocycles. The molecule has 0 saturated heterocycles. The van der Waals surface area contributed by atoms with Crippen molar-refractivity contribution in [1.29, 1.82) is 0 Å². The summed E-state index contributed by atoms with van der Waals surface area (Å²) in [4.78, 5) is 20.8. The standard InChI is InChI=1S/C19H20N6O2/c1-12-23-17-16(6-7-20-19(17)26)18(24-12)21-9-13-10-22-25(11-13)14-4-3-5-15(8-14)27-2/h3-5,8,10-11H,6-7,9H2,1-2H3,(H,20,26)(H,21,23,24). The Morgan fingerprint density at radius 2 is 2.22 bits per heavy atom. The first kappa shape index (κ1) is 17.0. The first-order valence-electron chi connectivity index (χ1n) is 8.71. The Morgan fingerprint density at radius 3 is 3.07 bits per heavy atom. The lowest BCUT2D eigenvalue weighted by molar-refractivity contribution is 0.0940. The highest BCUT2D eigenvalue weighted by atomic mass is 16.5. The number of carbonyl (C=O) groups excluding carboxylic acids is 1. The van der Waals surface area contributed by atoms with E-state index in [-0.39, 0.29) is 5.91 Å². The number of hydrogen-bond donors (Lipinski definition) is 2. The third kappa shape index (κ3) is 3.46. The van der Waals surface area contributed by atoms with Crippen LogP contribution < -0.4 is 15.4 Å². The van der Waals surface area contributed by atoms with Crippen LogP contribution in [0.3, 0.4) is 0 Å². The quantitative estimate of drug-likeness (QED) is 0.718. The summed E-state index contributed by atoms with van der Waals surface area (Å²) in [7, 11) is 1.64. The predicted molar refractivity (Wildman–Crippen MR) is 100 cm³/mol. The van der Waals surface area contributed by atoms with Gasteiger partial charge < -0.3 is 15.4 Å². The first-order chi connectivity index (χ1) is 13.1. The van der Waals surface area contributed by atoms with E-state index in [1.165, 1.54) is 0 Å². The zero-order valence-electron chi connectivity index (χ0n) is 15.2. The molecule has 0 radical (unpaired) electrons. The Hall–Kier alpha value is -3.42. The van der Waals surface area contributed by atoms with Gasteiger partial charge in [0.15, 0.2) is 0 Å². The highest BCUT2D eigenvalue weighted by Crippen LogP contribution is 2.21. The topological polar surface area (TPSA) is 94.0 Å². The number of anilines is 1. The van der Waals surface area contributed by atoms with E-state index in [0.717, 1.165) is 22.6 Å². The molecule has 0 bridgehead atoms. The van der Waals surface area contributed by atoms with E-state index in [1.54, 1.807) is 24.9 Å². The molecule has 1 aliphatic heterocycles.